The fraction of sp³-hybridized carbons (Fsp3) is 0.450. The van der Waals surface area contributed by atoms with E-state index in [0.717, 1.165) is 0 Å². The molecule has 0 spiro atoms. The second-order valence-corrected chi connectivity index (χ2v) is 7.85. The zero-order valence-corrected chi connectivity index (χ0v) is 14.1. The average molecular weight is 280 g/mol. The van der Waals surface area contributed by atoms with Crippen LogP contribution in [0.1, 0.15) is 50.8 Å². The largest absolute Gasteiger partial charge is 0.212 e. The summed E-state index contributed by atoms with van der Waals surface area (Å²) in [5, 5.41) is 0. The van der Waals surface area contributed by atoms with E-state index in [9.17, 15) is 0 Å². The Bertz CT molecular complexity index is 708. The standard InChI is InChI=1S/C20H26N/c1-14-11-16-17(20(4,5)13-19(16,2)3)12-15(14)18-9-7-8-10-21(18)6/h7-12H,13H2,1-6H3/q+1. The van der Waals surface area contributed by atoms with Gasteiger partial charge in [-0.05, 0) is 53.0 Å². The topological polar surface area (TPSA) is 3.88 Å². The van der Waals surface area contributed by atoms with Crippen molar-refractivity contribution >= 4 is 0 Å². The molecule has 0 bridgehead atoms. The Labute approximate surface area is 128 Å². The van der Waals surface area contributed by atoms with Crippen LogP contribution in [0.25, 0.3) is 11.3 Å². The summed E-state index contributed by atoms with van der Waals surface area (Å²) in [5.74, 6) is 0. The third-order valence-corrected chi connectivity index (χ3v) is 5.04. The highest BCUT2D eigenvalue weighted by atomic mass is 14.9. The molecule has 2 aromatic rings. The molecule has 1 aliphatic rings. The molecule has 0 atom stereocenters. The molecule has 0 amide bonds. The first kappa shape index (κ1) is 14.3. The minimum atomic E-state index is 0.259. The average Bonchev–Trinajstić information content (AvgIpc) is 2.55. The summed E-state index contributed by atoms with van der Waals surface area (Å²) in [5.41, 5.74) is 7.63. The zero-order chi connectivity index (χ0) is 15.4. The van der Waals surface area contributed by atoms with Crippen LogP contribution in [0, 0.1) is 6.92 Å². The minimum Gasteiger partial charge on any atom is -0.201 e. The lowest BCUT2D eigenvalue weighted by atomic mass is 9.82. The molecule has 1 aliphatic carbocycles. The van der Waals surface area contributed by atoms with E-state index >= 15 is 0 Å². The number of hydrogen-bond acceptors (Lipinski definition) is 0. The second-order valence-electron chi connectivity index (χ2n) is 7.85. The number of hydrogen-bond donors (Lipinski definition) is 0. The summed E-state index contributed by atoms with van der Waals surface area (Å²) >= 11 is 0. The molecular weight excluding hydrogens is 254 g/mol. The van der Waals surface area contributed by atoms with Crippen LogP contribution in [0.5, 0.6) is 0 Å². The molecule has 0 N–H and O–H groups in total. The van der Waals surface area contributed by atoms with Gasteiger partial charge >= 0.3 is 0 Å². The molecule has 0 saturated carbocycles. The van der Waals surface area contributed by atoms with Crippen molar-refractivity contribution in [2.45, 2.75) is 51.9 Å². The number of benzene rings is 1. The number of nitrogens with zero attached hydrogens (tertiary/aromatic N) is 1. The van der Waals surface area contributed by atoms with Crippen LogP contribution in [0.15, 0.2) is 36.5 Å². The van der Waals surface area contributed by atoms with Crippen molar-refractivity contribution in [1.82, 2.24) is 0 Å². The predicted octanol–water partition coefficient (Wildman–Crippen LogP) is 4.45. The molecule has 110 valence electrons. The van der Waals surface area contributed by atoms with E-state index in [-0.39, 0.29) is 10.8 Å². The van der Waals surface area contributed by atoms with Gasteiger partial charge in [-0.1, -0.05) is 33.8 Å². The summed E-state index contributed by atoms with van der Waals surface area (Å²) in [7, 11) is 2.12. The molecule has 1 heteroatoms. The summed E-state index contributed by atoms with van der Waals surface area (Å²) in [6, 6.07) is 11.3. The van der Waals surface area contributed by atoms with Crippen molar-refractivity contribution in [2.24, 2.45) is 7.05 Å². The van der Waals surface area contributed by atoms with Crippen molar-refractivity contribution in [3.05, 3.63) is 53.2 Å². The van der Waals surface area contributed by atoms with E-state index in [4.69, 9.17) is 0 Å². The number of aromatic nitrogens is 1. The summed E-state index contributed by atoms with van der Waals surface area (Å²) in [4.78, 5) is 0. The second kappa shape index (κ2) is 4.43. The van der Waals surface area contributed by atoms with Crippen LogP contribution >= 0.6 is 0 Å². The Kier molecular flexibility index (Phi) is 3.02. The van der Waals surface area contributed by atoms with Gasteiger partial charge in [-0.25, -0.2) is 4.57 Å². The minimum absolute atomic E-state index is 0.259. The van der Waals surface area contributed by atoms with Gasteiger partial charge in [0, 0.05) is 17.7 Å². The third kappa shape index (κ3) is 2.19. The van der Waals surface area contributed by atoms with Crippen LogP contribution in [-0.4, -0.2) is 0 Å². The van der Waals surface area contributed by atoms with Gasteiger partial charge in [0.25, 0.3) is 0 Å². The fourth-order valence-corrected chi connectivity index (χ4v) is 4.20. The quantitative estimate of drug-likeness (QED) is 0.680. The van der Waals surface area contributed by atoms with Crippen molar-refractivity contribution < 1.29 is 4.57 Å². The fourth-order valence-electron chi connectivity index (χ4n) is 4.20. The summed E-state index contributed by atoms with van der Waals surface area (Å²) in [6.07, 6.45) is 3.34. The zero-order valence-electron chi connectivity index (χ0n) is 14.1. The maximum absolute atomic E-state index is 2.44. The molecule has 0 unspecified atom stereocenters. The monoisotopic (exact) mass is 280 g/mol. The predicted molar refractivity (Wildman–Crippen MR) is 88.5 cm³/mol. The van der Waals surface area contributed by atoms with Crippen LogP contribution in [-0.2, 0) is 17.9 Å². The van der Waals surface area contributed by atoms with Crippen molar-refractivity contribution in [3.63, 3.8) is 0 Å². The van der Waals surface area contributed by atoms with Crippen LogP contribution < -0.4 is 4.57 Å². The Morgan fingerprint density at radius 1 is 0.952 bits per heavy atom. The first-order valence-electron chi connectivity index (χ1n) is 7.83. The molecule has 0 fully saturated rings. The SMILES string of the molecule is Cc1cc2c(cc1-c1cccc[n+]1C)C(C)(C)CC2(C)C. The maximum atomic E-state index is 2.44. The van der Waals surface area contributed by atoms with Gasteiger partial charge in [-0.3, -0.25) is 0 Å². The molecular formula is C20H26N+. The third-order valence-electron chi connectivity index (χ3n) is 5.04. The molecule has 1 aromatic carbocycles. The lowest BCUT2D eigenvalue weighted by molar-refractivity contribution is -0.660. The summed E-state index contributed by atoms with van der Waals surface area (Å²) in [6.45, 7) is 11.8. The van der Waals surface area contributed by atoms with Gasteiger partial charge in [0.1, 0.15) is 7.05 Å². The Balaban J connectivity index is 2.26. The van der Waals surface area contributed by atoms with Crippen molar-refractivity contribution in [2.75, 3.05) is 0 Å². The highest BCUT2D eigenvalue weighted by Gasteiger charge is 2.42. The van der Waals surface area contributed by atoms with E-state index in [1.165, 1.54) is 34.4 Å². The Morgan fingerprint density at radius 2 is 1.57 bits per heavy atom. The van der Waals surface area contributed by atoms with E-state index < -0.39 is 0 Å². The van der Waals surface area contributed by atoms with Crippen molar-refractivity contribution in [3.8, 4) is 11.3 Å². The first-order chi connectivity index (χ1) is 9.72. The highest BCUT2D eigenvalue weighted by Crippen LogP contribution is 2.50. The van der Waals surface area contributed by atoms with Gasteiger partial charge in [0.05, 0.1) is 0 Å². The normalized spacial score (nSPS) is 18.6. The van der Waals surface area contributed by atoms with Crippen LogP contribution in [0.2, 0.25) is 0 Å². The lowest BCUT2D eigenvalue weighted by Crippen LogP contribution is -2.30. The van der Waals surface area contributed by atoms with Gasteiger partial charge in [-0.2, -0.15) is 0 Å². The molecule has 21 heavy (non-hydrogen) atoms. The van der Waals surface area contributed by atoms with E-state index in [2.05, 4.69) is 82.8 Å². The molecule has 1 heterocycles. The van der Waals surface area contributed by atoms with E-state index in [1.807, 2.05) is 0 Å². The van der Waals surface area contributed by atoms with E-state index in [0.29, 0.717) is 0 Å². The first-order valence-corrected chi connectivity index (χ1v) is 7.83. The molecule has 3 rings (SSSR count). The number of fused-ring (bicyclic) bond motifs is 1. The molecule has 1 nitrogen and oxygen atoms in total. The molecule has 1 aromatic heterocycles. The maximum Gasteiger partial charge on any atom is 0.212 e. The highest BCUT2D eigenvalue weighted by molar-refractivity contribution is 5.66. The summed E-state index contributed by atoms with van der Waals surface area (Å²) < 4.78 is 2.21. The van der Waals surface area contributed by atoms with Gasteiger partial charge in [-0.15, -0.1) is 0 Å². The van der Waals surface area contributed by atoms with Gasteiger partial charge in [0.2, 0.25) is 5.69 Å². The van der Waals surface area contributed by atoms with Crippen LogP contribution in [0.3, 0.4) is 0 Å². The number of rotatable bonds is 1. The lowest BCUT2D eigenvalue weighted by Gasteiger charge is -2.22. The van der Waals surface area contributed by atoms with E-state index in [1.54, 1.807) is 0 Å². The Hall–Kier alpha value is -1.63. The molecule has 0 radical (unpaired) electrons. The van der Waals surface area contributed by atoms with Gasteiger partial charge in [0.15, 0.2) is 6.20 Å². The van der Waals surface area contributed by atoms with Crippen molar-refractivity contribution in [1.29, 1.82) is 0 Å². The molecule has 0 aliphatic heterocycles. The number of pyridine rings is 1. The van der Waals surface area contributed by atoms with Gasteiger partial charge < -0.3 is 0 Å². The Morgan fingerprint density at radius 3 is 2.19 bits per heavy atom. The number of aryl methyl sites for hydroxylation is 2. The smallest absolute Gasteiger partial charge is 0.201 e. The van der Waals surface area contributed by atoms with Crippen LogP contribution in [0.4, 0.5) is 0 Å². The molecule has 0 saturated heterocycles.